The molecule has 0 aliphatic heterocycles. The van der Waals surface area contributed by atoms with E-state index in [-0.39, 0.29) is 0 Å². The fourth-order valence-electron chi connectivity index (χ4n) is 1.87. The minimum Gasteiger partial charge on any atom is -0.366 e. The first kappa shape index (κ1) is 13.5. The predicted molar refractivity (Wildman–Crippen MR) is 64.9 cm³/mol. The number of hydrogen-bond acceptors (Lipinski definition) is 1. The number of aliphatic imine (C=N–C) groups is 1. The average molecular weight is 198 g/mol. The van der Waals surface area contributed by atoms with Gasteiger partial charge in [-0.05, 0) is 31.1 Å². The first-order chi connectivity index (χ1) is 6.56. The third-order valence-corrected chi connectivity index (χ3v) is 2.39. The SMILES string of the molecule is C/N=C\N(C)CCCC(C)CC(C)C. The molecule has 0 N–H and O–H groups in total. The summed E-state index contributed by atoms with van der Waals surface area (Å²) in [5.74, 6) is 1.70. The zero-order valence-corrected chi connectivity index (χ0v) is 10.5. The smallest absolute Gasteiger partial charge is 0.0843 e. The summed E-state index contributed by atoms with van der Waals surface area (Å²) in [7, 11) is 3.90. The van der Waals surface area contributed by atoms with Gasteiger partial charge in [-0.25, -0.2) is 0 Å². The Morgan fingerprint density at radius 2 is 1.93 bits per heavy atom. The van der Waals surface area contributed by atoms with Gasteiger partial charge in [0.2, 0.25) is 0 Å². The van der Waals surface area contributed by atoms with Gasteiger partial charge in [-0.15, -0.1) is 0 Å². The molecule has 2 heteroatoms. The van der Waals surface area contributed by atoms with E-state index in [0.29, 0.717) is 0 Å². The van der Waals surface area contributed by atoms with Gasteiger partial charge in [0.25, 0.3) is 0 Å². The third kappa shape index (κ3) is 8.09. The molecule has 0 aromatic rings. The summed E-state index contributed by atoms with van der Waals surface area (Å²) >= 11 is 0. The zero-order valence-electron chi connectivity index (χ0n) is 10.5. The molecule has 0 aromatic carbocycles. The predicted octanol–water partition coefficient (Wildman–Crippen LogP) is 3.04. The van der Waals surface area contributed by atoms with Crippen LogP contribution in [0.2, 0.25) is 0 Å². The van der Waals surface area contributed by atoms with Crippen molar-refractivity contribution in [1.29, 1.82) is 0 Å². The Hall–Kier alpha value is -0.530. The van der Waals surface area contributed by atoms with Crippen molar-refractivity contribution < 1.29 is 0 Å². The van der Waals surface area contributed by atoms with Gasteiger partial charge in [-0.2, -0.15) is 0 Å². The minimum atomic E-state index is 0.833. The maximum absolute atomic E-state index is 3.98. The van der Waals surface area contributed by atoms with Crippen LogP contribution in [0.3, 0.4) is 0 Å². The molecule has 0 saturated heterocycles. The lowest BCUT2D eigenvalue weighted by atomic mass is 9.95. The lowest BCUT2D eigenvalue weighted by Gasteiger charge is -2.16. The van der Waals surface area contributed by atoms with Crippen LogP contribution in [0.25, 0.3) is 0 Å². The number of rotatable bonds is 7. The summed E-state index contributed by atoms with van der Waals surface area (Å²) in [6, 6.07) is 0. The summed E-state index contributed by atoms with van der Waals surface area (Å²) in [6.45, 7) is 8.08. The van der Waals surface area contributed by atoms with Gasteiger partial charge >= 0.3 is 0 Å². The molecule has 0 bridgehead atoms. The Kier molecular flexibility index (Phi) is 7.54. The lowest BCUT2D eigenvalue weighted by Crippen LogP contribution is -2.18. The van der Waals surface area contributed by atoms with Gasteiger partial charge in [0, 0.05) is 20.6 Å². The second-order valence-corrected chi connectivity index (χ2v) is 4.73. The van der Waals surface area contributed by atoms with Crippen molar-refractivity contribution in [1.82, 2.24) is 4.90 Å². The van der Waals surface area contributed by atoms with Crippen molar-refractivity contribution in [3.05, 3.63) is 0 Å². The van der Waals surface area contributed by atoms with E-state index in [4.69, 9.17) is 0 Å². The largest absolute Gasteiger partial charge is 0.366 e. The molecule has 0 aliphatic rings. The first-order valence-corrected chi connectivity index (χ1v) is 5.68. The van der Waals surface area contributed by atoms with Crippen LogP contribution in [0, 0.1) is 11.8 Å². The molecule has 84 valence electrons. The molecule has 0 aliphatic carbocycles. The highest BCUT2D eigenvalue weighted by Crippen LogP contribution is 2.15. The number of hydrogen-bond donors (Lipinski definition) is 0. The monoisotopic (exact) mass is 198 g/mol. The van der Waals surface area contributed by atoms with Gasteiger partial charge in [0.1, 0.15) is 0 Å². The molecule has 2 nitrogen and oxygen atoms in total. The molecule has 1 unspecified atom stereocenters. The van der Waals surface area contributed by atoms with Crippen LogP contribution >= 0.6 is 0 Å². The highest BCUT2D eigenvalue weighted by molar-refractivity contribution is 5.53. The van der Waals surface area contributed by atoms with E-state index >= 15 is 0 Å². The fourth-order valence-corrected chi connectivity index (χ4v) is 1.87. The third-order valence-electron chi connectivity index (χ3n) is 2.39. The van der Waals surface area contributed by atoms with Crippen molar-refractivity contribution in [2.45, 2.75) is 40.0 Å². The molecule has 0 radical (unpaired) electrons. The number of nitrogens with zero attached hydrogens (tertiary/aromatic N) is 2. The van der Waals surface area contributed by atoms with E-state index in [1.54, 1.807) is 0 Å². The standard InChI is InChI=1S/C12H26N2/c1-11(2)9-12(3)7-6-8-14(5)10-13-4/h10-12H,6-9H2,1-5H3/b13-10-. The van der Waals surface area contributed by atoms with Gasteiger partial charge < -0.3 is 4.90 Å². The Bertz CT molecular complexity index is 152. The van der Waals surface area contributed by atoms with Crippen LogP contribution in [0.15, 0.2) is 4.99 Å². The van der Waals surface area contributed by atoms with Crippen molar-refractivity contribution in [2.75, 3.05) is 20.6 Å². The van der Waals surface area contributed by atoms with Crippen LogP contribution in [-0.2, 0) is 0 Å². The van der Waals surface area contributed by atoms with Gasteiger partial charge in [0.15, 0.2) is 0 Å². The van der Waals surface area contributed by atoms with E-state index in [1.807, 2.05) is 13.4 Å². The Labute approximate surface area is 89.4 Å². The summed E-state index contributed by atoms with van der Waals surface area (Å²) in [6.07, 6.45) is 5.86. The van der Waals surface area contributed by atoms with E-state index < -0.39 is 0 Å². The summed E-state index contributed by atoms with van der Waals surface area (Å²) in [5.41, 5.74) is 0. The molecule has 0 aromatic heterocycles. The molecule has 0 amide bonds. The van der Waals surface area contributed by atoms with Gasteiger partial charge in [-0.3, -0.25) is 4.99 Å². The van der Waals surface area contributed by atoms with Crippen LogP contribution in [0.5, 0.6) is 0 Å². The van der Waals surface area contributed by atoms with Gasteiger partial charge in [-0.1, -0.05) is 20.8 Å². The van der Waals surface area contributed by atoms with E-state index in [0.717, 1.165) is 18.4 Å². The summed E-state index contributed by atoms with van der Waals surface area (Å²) in [4.78, 5) is 6.14. The molecule has 0 heterocycles. The first-order valence-electron chi connectivity index (χ1n) is 5.68. The highest BCUT2D eigenvalue weighted by Gasteiger charge is 2.04. The van der Waals surface area contributed by atoms with Crippen LogP contribution in [0.1, 0.15) is 40.0 Å². The average Bonchev–Trinajstić information content (AvgIpc) is 2.02. The molecule has 0 rings (SSSR count). The quantitative estimate of drug-likeness (QED) is 0.453. The molecule has 14 heavy (non-hydrogen) atoms. The summed E-state index contributed by atoms with van der Waals surface area (Å²) < 4.78 is 0. The van der Waals surface area contributed by atoms with E-state index in [9.17, 15) is 0 Å². The summed E-state index contributed by atoms with van der Waals surface area (Å²) in [5, 5.41) is 0. The topological polar surface area (TPSA) is 15.6 Å². The Morgan fingerprint density at radius 1 is 1.29 bits per heavy atom. The minimum absolute atomic E-state index is 0.833. The molecule has 0 saturated carbocycles. The molecule has 0 spiro atoms. The molecular formula is C12H26N2. The van der Waals surface area contributed by atoms with Gasteiger partial charge in [0.05, 0.1) is 6.34 Å². The Morgan fingerprint density at radius 3 is 2.43 bits per heavy atom. The maximum Gasteiger partial charge on any atom is 0.0843 e. The fraction of sp³-hybridized carbons (Fsp3) is 0.917. The van der Waals surface area contributed by atoms with E-state index in [1.165, 1.54) is 19.3 Å². The highest BCUT2D eigenvalue weighted by atomic mass is 15.1. The van der Waals surface area contributed by atoms with Crippen molar-refractivity contribution >= 4 is 6.34 Å². The van der Waals surface area contributed by atoms with Crippen LogP contribution < -0.4 is 0 Å². The molecule has 1 atom stereocenters. The lowest BCUT2D eigenvalue weighted by molar-refractivity contribution is 0.382. The Balaban J connectivity index is 3.43. The van der Waals surface area contributed by atoms with E-state index in [2.05, 4.69) is 37.7 Å². The molecular weight excluding hydrogens is 172 g/mol. The normalized spacial score (nSPS) is 13.9. The van der Waals surface area contributed by atoms with Crippen LogP contribution in [0.4, 0.5) is 0 Å². The van der Waals surface area contributed by atoms with Crippen molar-refractivity contribution in [3.8, 4) is 0 Å². The van der Waals surface area contributed by atoms with Crippen molar-refractivity contribution in [3.63, 3.8) is 0 Å². The zero-order chi connectivity index (χ0) is 11.0. The van der Waals surface area contributed by atoms with Crippen molar-refractivity contribution in [2.24, 2.45) is 16.8 Å². The maximum atomic E-state index is 3.98. The second kappa shape index (κ2) is 7.84. The van der Waals surface area contributed by atoms with Crippen LogP contribution in [-0.4, -0.2) is 31.9 Å². The second-order valence-electron chi connectivity index (χ2n) is 4.73. The molecule has 0 fully saturated rings.